The van der Waals surface area contributed by atoms with Gasteiger partial charge in [-0.1, -0.05) is 41.4 Å². The quantitative estimate of drug-likeness (QED) is 0.594. The van der Waals surface area contributed by atoms with Crippen LogP contribution >= 0.6 is 0 Å². The van der Waals surface area contributed by atoms with E-state index in [0.717, 1.165) is 11.1 Å². The normalized spacial score (nSPS) is 11.1. The molecular weight excluding hydrogens is 385 g/mol. The molecule has 1 aromatic carbocycles. The molecule has 0 atom stereocenters. The second-order valence-electron chi connectivity index (χ2n) is 6.11. The summed E-state index contributed by atoms with van der Waals surface area (Å²) in [5, 5.41) is 3.34. The Morgan fingerprint density at radius 2 is 1.93 bits per heavy atom. The number of alkyl halides is 3. The summed E-state index contributed by atoms with van der Waals surface area (Å²) in [6.07, 6.45) is 4.07. The number of halogens is 3. The number of carbonyl (C=O) groups excluding carboxylic acids is 1. The number of pyridine rings is 1. The van der Waals surface area contributed by atoms with E-state index >= 15 is 0 Å². The smallest absolute Gasteiger partial charge is 0.329 e. The van der Waals surface area contributed by atoms with Gasteiger partial charge in [-0.25, -0.2) is 0 Å². The highest BCUT2D eigenvalue weighted by Crippen LogP contribution is 2.29. The van der Waals surface area contributed by atoms with Gasteiger partial charge in [0.1, 0.15) is 0 Å². The van der Waals surface area contributed by atoms with Crippen molar-refractivity contribution in [3.05, 3.63) is 65.8 Å². The maximum Gasteiger partial charge on any atom is 0.471 e. The van der Waals surface area contributed by atoms with Gasteiger partial charge in [-0.15, -0.1) is 6.42 Å². The summed E-state index contributed by atoms with van der Waals surface area (Å²) in [5.41, 5.74) is 1.88. The lowest BCUT2D eigenvalue weighted by Crippen LogP contribution is -2.32. The molecule has 0 unspecified atom stereocenters. The maximum absolute atomic E-state index is 12.6. The van der Waals surface area contributed by atoms with E-state index < -0.39 is 12.1 Å². The van der Waals surface area contributed by atoms with E-state index in [-0.39, 0.29) is 31.2 Å². The monoisotopic (exact) mass is 400 g/mol. The molecule has 2 heterocycles. The van der Waals surface area contributed by atoms with Crippen LogP contribution in [0.4, 0.5) is 13.2 Å². The molecule has 0 spiro atoms. The molecule has 0 aliphatic rings. The molecule has 0 fully saturated rings. The van der Waals surface area contributed by atoms with E-state index in [9.17, 15) is 18.0 Å². The highest BCUT2D eigenvalue weighted by atomic mass is 19.4. The summed E-state index contributed by atoms with van der Waals surface area (Å²) in [5.74, 6) is 0.726. The first-order chi connectivity index (χ1) is 13.9. The Balaban J connectivity index is 1.70. The van der Waals surface area contributed by atoms with E-state index in [1.165, 1.54) is 4.90 Å². The summed E-state index contributed by atoms with van der Waals surface area (Å²) < 4.78 is 42.0. The van der Waals surface area contributed by atoms with Gasteiger partial charge in [-0.05, 0) is 17.2 Å². The Kier molecular flexibility index (Phi) is 5.93. The van der Waals surface area contributed by atoms with Crippen LogP contribution in [0.15, 0.2) is 53.3 Å². The zero-order valence-corrected chi connectivity index (χ0v) is 15.1. The third-order valence-electron chi connectivity index (χ3n) is 3.97. The van der Waals surface area contributed by atoms with E-state index in [1.54, 1.807) is 48.8 Å². The minimum absolute atomic E-state index is 0.126. The van der Waals surface area contributed by atoms with Crippen LogP contribution in [0, 0.1) is 12.3 Å². The van der Waals surface area contributed by atoms with Crippen LogP contribution < -0.4 is 0 Å². The molecule has 29 heavy (non-hydrogen) atoms. The van der Waals surface area contributed by atoms with Gasteiger partial charge in [0.2, 0.25) is 11.7 Å². The predicted octanol–water partition coefficient (Wildman–Crippen LogP) is 3.35. The molecule has 3 rings (SSSR count). The summed E-state index contributed by atoms with van der Waals surface area (Å²) in [7, 11) is 0. The second kappa shape index (κ2) is 8.56. The summed E-state index contributed by atoms with van der Waals surface area (Å²) in [4.78, 5) is 21.4. The Labute approximate surface area is 164 Å². The predicted molar refractivity (Wildman–Crippen MR) is 96.9 cm³/mol. The molecule has 148 valence electrons. The van der Waals surface area contributed by atoms with Crippen LogP contribution in [0.2, 0.25) is 0 Å². The van der Waals surface area contributed by atoms with Crippen molar-refractivity contribution in [2.24, 2.45) is 0 Å². The molecule has 0 saturated carbocycles. The van der Waals surface area contributed by atoms with Crippen LogP contribution in [-0.4, -0.2) is 32.5 Å². The third kappa shape index (κ3) is 5.19. The van der Waals surface area contributed by atoms with Gasteiger partial charge < -0.3 is 9.42 Å². The molecule has 6 nitrogen and oxygen atoms in total. The lowest BCUT2D eigenvalue weighted by molar-refractivity contribution is -0.159. The lowest BCUT2D eigenvalue weighted by atomic mass is 10.1. The highest BCUT2D eigenvalue weighted by Gasteiger charge is 2.38. The minimum atomic E-state index is -4.70. The molecule has 0 aliphatic carbocycles. The average Bonchev–Trinajstić information content (AvgIpc) is 3.20. The molecule has 2 aromatic heterocycles. The van der Waals surface area contributed by atoms with Gasteiger partial charge in [-0.3, -0.25) is 9.78 Å². The van der Waals surface area contributed by atoms with Crippen molar-refractivity contribution in [3.8, 4) is 23.7 Å². The first-order valence-electron chi connectivity index (χ1n) is 8.47. The standard InChI is InChI=1S/C20H15F3N4O2/c1-2-10-27(17(28)11-15-4-3-9-24-12-15)13-14-5-7-16(8-6-14)18-25-19(29-26-18)20(21,22)23/h1,3-9,12H,10-11,13H2. The number of benzene rings is 1. The average molecular weight is 400 g/mol. The molecule has 0 N–H and O–H groups in total. The number of aromatic nitrogens is 3. The molecule has 9 heteroatoms. The molecule has 1 amide bonds. The van der Waals surface area contributed by atoms with Gasteiger partial charge in [-0.2, -0.15) is 18.2 Å². The molecule has 0 saturated heterocycles. The maximum atomic E-state index is 12.6. The van der Waals surface area contributed by atoms with Gasteiger partial charge >= 0.3 is 12.1 Å². The molecule has 0 aliphatic heterocycles. The van der Waals surface area contributed by atoms with Crippen molar-refractivity contribution in [2.75, 3.05) is 6.54 Å². The van der Waals surface area contributed by atoms with Crippen LogP contribution in [0.5, 0.6) is 0 Å². The van der Waals surface area contributed by atoms with Crippen LogP contribution in [-0.2, 0) is 23.9 Å². The Morgan fingerprint density at radius 1 is 1.17 bits per heavy atom. The molecule has 0 bridgehead atoms. The van der Waals surface area contributed by atoms with E-state index in [0.29, 0.717) is 5.56 Å². The Hall–Kier alpha value is -3.67. The number of hydrogen-bond acceptors (Lipinski definition) is 5. The SMILES string of the molecule is C#CCN(Cc1ccc(-c2noc(C(F)(F)F)n2)cc1)C(=O)Cc1cccnc1. The fourth-order valence-electron chi connectivity index (χ4n) is 2.57. The fraction of sp³-hybridized carbons (Fsp3) is 0.200. The van der Waals surface area contributed by atoms with Crippen LogP contribution in [0.25, 0.3) is 11.4 Å². The summed E-state index contributed by atoms with van der Waals surface area (Å²) in [6.45, 7) is 0.379. The number of carbonyl (C=O) groups is 1. The first-order valence-corrected chi connectivity index (χ1v) is 8.47. The summed E-state index contributed by atoms with van der Waals surface area (Å²) in [6, 6.07) is 9.99. The Bertz CT molecular complexity index is 1010. The number of terminal acetylenes is 1. The number of nitrogens with zero attached hydrogens (tertiary/aromatic N) is 4. The van der Waals surface area contributed by atoms with Crippen molar-refractivity contribution in [1.82, 2.24) is 20.0 Å². The number of rotatable bonds is 6. The van der Waals surface area contributed by atoms with Gasteiger partial charge in [0.25, 0.3) is 0 Å². The topological polar surface area (TPSA) is 72.1 Å². The van der Waals surface area contributed by atoms with E-state index in [4.69, 9.17) is 6.42 Å². The zero-order valence-electron chi connectivity index (χ0n) is 15.1. The summed E-state index contributed by atoms with van der Waals surface area (Å²) >= 11 is 0. The molecule has 3 aromatic rings. The zero-order chi connectivity index (χ0) is 20.9. The Morgan fingerprint density at radius 3 is 2.52 bits per heavy atom. The first kappa shape index (κ1) is 20.1. The number of hydrogen-bond donors (Lipinski definition) is 0. The van der Waals surface area contributed by atoms with Crippen LogP contribution in [0.3, 0.4) is 0 Å². The van der Waals surface area contributed by atoms with Gasteiger partial charge in [0.05, 0.1) is 13.0 Å². The van der Waals surface area contributed by atoms with Crippen molar-refractivity contribution in [2.45, 2.75) is 19.1 Å². The largest absolute Gasteiger partial charge is 0.471 e. The fourth-order valence-corrected chi connectivity index (χ4v) is 2.57. The van der Waals surface area contributed by atoms with Gasteiger partial charge in [0.15, 0.2) is 0 Å². The van der Waals surface area contributed by atoms with Crippen molar-refractivity contribution in [3.63, 3.8) is 0 Å². The van der Waals surface area contributed by atoms with Gasteiger partial charge in [0, 0.05) is 24.5 Å². The van der Waals surface area contributed by atoms with Crippen molar-refractivity contribution < 1.29 is 22.5 Å². The van der Waals surface area contributed by atoms with E-state index in [1.807, 2.05) is 0 Å². The van der Waals surface area contributed by atoms with Crippen LogP contribution in [0.1, 0.15) is 17.0 Å². The third-order valence-corrected chi connectivity index (χ3v) is 3.97. The van der Waals surface area contributed by atoms with E-state index in [2.05, 4.69) is 25.6 Å². The lowest BCUT2D eigenvalue weighted by Gasteiger charge is -2.20. The van der Waals surface area contributed by atoms with Crippen molar-refractivity contribution in [1.29, 1.82) is 0 Å². The minimum Gasteiger partial charge on any atom is -0.329 e. The second-order valence-corrected chi connectivity index (χ2v) is 6.11. The molecular formula is C20H15F3N4O2. The number of amides is 1. The van der Waals surface area contributed by atoms with Crippen molar-refractivity contribution >= 4 is 5.91 Å². The highest BCUT2D eigenvalue weighted by molar-refractivity contribution is 5.79. The molecule has 0 radical (unpaired) electrons.